The highest BCUT2D eigenvalue weighted by Gasteiger charge is 2.05. The third-order valence-electron chi connectivity index (χ3n) is 7.77. The highest BCUT2D eigenvalue weighted by Crippen LogP contribution is 2.24. The molecule has 0 atom stereocenters. The quantitative estimate of drug-likeness (QED) is 0.134. The Balaban J connectivity index is 1.05. The van der Waals surface area contributed by atoms with Gasteiger partial charge < -0.3 is 0 Å². The summed E-state index contributed by atoms with van der Waals surface area (Å²) < 4.78 is 0. The average molecular weight is 603 g/mol. The number of rotatable bonds is 6. The van der Waals surface area contributed by atoms with Crippen LogP contribution in [0.5, 0.6) is 0 Å². The molecule has 6 aromatic carbocycles. The molecule has 2 nitrogen and oxygen atoms in total. The van der Waals surface area contributed by atoms with Gasteiger partial charge in [0.2, 0.25) is 0 Å². The van der Waals surface area contributed by atoms with Crippen molar-refractivity contribution in [1.29, 1.82) is 0 Å². The Morgan fingerprint density at radius 1 is 0.468 bits per heavy atom. The lowest BCUT2D eigenvalue weighted by Gasteiger charge is -2.09. The SMILES string of the molecule is Cc1cc(N=Cc2ccc(C#Cc3ccccc3)cc2)ccc1Cc1ccc(N=Cc2ccc(C#Cc3ccccc3)cc2)c(C)c1. The Hall–Kier alpha value is -6.22. The summed E-state index contributed by atoms with van der Waals surface area (Å²) >= 11 is 0. The molecule has 0 heterocycles. The van der Waals surface area contributed by atoms with Crippen molar-refractivity contribution in [2.45, 2.75) is 20.3 Å². The van der Waals surface area contributed by atoms with Crippen molar-refractivity contribution < 1.29 is 0 Å². The average Bonchev–Trinajstić information content (AvgIpc) is 3.11. The summed E-state index contributed by atoms with van der Waals surface area (Å²) in [6, 6.07) is 49.3. The van der Waals surface area contributed by atoms with Crippen LogP contribution in [0.1, 0.15) is 55.6 Å². The Kier molecular flexibility index (Phi) is 9.94. The lowest BCUT2D eigenvalue weighted by atomic mass is 9.98. The normalized spacial score (nSPS) is 10.8. The lowest BCUT2D eigenvalue weighted by Crippen LogP contribution is -1.93. The van der Waals surface area contributed by atoms with Crippen LogP contribution in [0, 0.1) is 37.5 Å². The first-order valence-electron chi connectivity index (χ1n) is 15.7. The predicted molar refractivity (Wildman–Crippen MR) is 197 cm³/mol. The minimum Gasteiger partial charge on any atom is -0.256 e. The Morgan fingerprint density at radius 3 is 1.49 bits per heavy atom. The maximum atomic E-state index is 4.76. The predicted octanol–water partition coefficient (Wildman–Crippen LogP) is 10.2. The van der Waals surface area contributed by atoms with Crippen LogP contribution >= 0.6 is 0 Å². The molecule has 47 heavy (non-hydrogen) atoms. The minimum absolute atomic E-state index is 0.859. The molecular weight excluding hydrogens is 569 g/mol. The number of aliphatic imine (C=N–C) groups is 2. The van der Waals surface area contributed by atoms with E-state index in [9.17, 15) is 0 Å². The molecular formula is C45H34N2. The van der Waals surface area contributed by atoms with Crippen LogP contribution in [0.15, 0.2) is 156 Å². The van der Waals surface area contributed by atoms with E-state index in [1.807, 2.05) is 97.4 Å². The Bertz CT molecular complexity index is 2150. The van der Waals surface area contributed by atoms with Gasteiger partial charge in [-0.05, 0) is 120 Å². The topological polar surface area (TPSA) is 24.7 Å². The molecule has 0 spiro atoms. The third kappa shape index (κ3) is 8.92. The van der Waals surface area contributed by atoms with Crippen molar-refractivity contribution in [2.75, 3.05) is 0 Å². The molecule has 0 aliphatic carbocycles. The number of aryl methyl sites for hydroxylation is 2. The molecule has 0 bridgehead atoms. The molecule has 2 heteroatoms. The Labute approximate surface area is 278 Å². The van der Waals surface area contributed by atoms with Gasteiger partial charge in [-0.15, -0.1) is 0 Å². The van der Waals surface area contributed by atoms with Crippen LogP contribution in [0.25, 0.3) is 0 Å². The van der Waals surface area contributed by atoms with Crippen LogP contribution in [0.2, 0.25) is 0 Å². The summed E-state index contributed by atoms with van der Waals surface area (Å²) in [5, 5.41) is 0. The van der Waals surface area contributed by atoms with Crippen molar-refractivity contribution in [3.05, 3.63) is 201 Å². The molecule has 0 radical (unpaired) electrons. The molecule has 6 aromatic rings. The van der Waals surface area contributed by atoms with Gasteiger partial charge in [-0.1, -0.05) is 103 Å². The monoisotopic (exact) mass is 602 g/mol. The molecule has 0 fully saturated rings. The van der Waals surface area contributed by atoms with Gasteiger partial charge in [0.25, 0.3) is 0 Å². The van der Waals surface area contributed by atoms with Gasteiger partial charge in [-0.2, -0.15) is 0 Å². The van der Waals surface area contributed by atoms with E-state index < -0.39 is 0 Å². The van der Waals surface area contributed by atoms with Gasteiger partial charge >= 0.3 is 0 Å². The highest BCUT2D eigenvalue weighted by atomic mass is 14.7. The van der Waals surface area contributed by atoms with E-state index in [4.69, 9.17) is 9.98 Å². The van der Waals surface area contributed by atoms with Crippen LogP contribution in [-0.4, -0.2) is 12.4 Å². The molecule has 0 aromatic heterocycles. The van der Waals surface area contributed by atoms with Gasteiger partial charge in [-0.3, -0.25) is 9.98 Å². The van der Waals surface area contributed by atoms with Gasteiger partial charge in [0.05, 0.1) is 11.4 Å². The van der Waals surface area contributed by atoms with E-state index in [-0.39, 0.29) is 0 Å². The minimum atomic E-state index is 0.859. The fourth-order valence-corrected chi connectivity index (χ4v) is 5.08. The van der Waals surface area contributed by atoms with Crippen LogP contribution in [0.3, 0.4) is 0 Å². The van der Waals surface area contributed by atoms with Crippen LogP contribution in [0.4, 0.5) is 11.4 Å². The van der Waals surface area contributed by atoms with Crippen molar-refractivity contribution in [2.24, 2.45) is 9.98 Å². The second kappa shape index (κ2) is 15.2. The van der Waals surface area contributed by atoms with Gasteiger partial charge in [0.1, 0.15) is 0 Å². The number of hydrogen-bond donors (Lipinski definition) is 0. The van der Waals surface area contributed by atoms with Crippen molar-refractivity contribution in [1.82, 2.24) is 0 Å². The van der Waals surface area contributed by atoms with Crippen LogP contribution < -0.4 is 0 Å². The maximum Gasteiger partial charge on any atom is 0.0659 e. The molecule has 6 rings (SSSR count). The Morgan fingerprint density at radius 2 is 0.979 bits per heavy atom. The van der Waals surface area contributed by atoms with Crippen molar-refractivity contribution >= 4 is 23.8 Å². The van der Waals surface area contributed by atoms with Crippen molar-refractivity contribution in [3.8, 4) is 23.7 Å². The third-order valence-corrected chi connectivity index (χ3v) is 7.77. The molecule has 0 aliphatic rings. The molecule has 0 N–H and O–H groups in total. The molecule has 0 saturated heterocycles. The second-order valence-corrected chi connectivity index (χ2v) is 11.4. The smallest absolute Gasteiger partial charge is 0.0659 e. The first-order chi connectivity index (χ1) is 23.1. The summed E-state index contributed by atoms with van der Waals surface area (Å²) in [7, 11) is 0. The zero-order valence-corrected chi connectivity index (χ0v) is 26.6. The summed E-state index contributed by atoms with van der Waals surface area (Å²) in [5.41, 5.74) is 12.9. The maximum absolute atomic E-state index is 4.76. The van der Waals surface area contributed by atoms with E-state index >= 15 is 0 Å². The lowest BCUT2D eigenvalue weighted by molar-refractivity contribution is 1.15. The summed E-state index contributed by atoms with van der Waals surface area (Å²) in [4.78, 5) is 9.49. The molecule has 0 unspecified atom stereocenters. The van der Waals surface area contributed by atoms with E-state index in [1.54, 1.807) is 0 Å². The number of hydrogen-bond acceptors (Lipinski definition) is 2. The van der Waals surface area contributed by atoms with E-state index in [2.05, 4.69) is 98.2 Å². The standard InChI is InChI=1S/C45H34N2/c1-34-30-44(46-32-40-21-17-38(18-22-40)15-13-36-9-5-3-6-10-36)27-26-43(34)31-42-25-28-45(35(2)29-42)47-33-41-23-19-39(20-24-41)16-14-37-11-7-4-8-12-37/h3-12,17-30,32-33H,31H2,1-2H3. The highest BCUT2D eigenvalue weighted by molar-refractivity contribution is 5.83. The summed E-state index contributed by atoms with van der Waals surface area (Å²) in [5.74, 6) is 12.8. The zero-order valence-electron chi connectivity index (χ0n) is 26.6. The van der Waals surface area contributed by atoms with E-state index in [1.165, 1.54) is 16.7 Å². The van der Waals surface area contributed by atoms with Gasteiger partial charge in [-0.25, -0.2) is 0 Å². The van der Waals surface area contributed by atoms with Gasteiger partial charge in [0.15, 0.2) is 0 Å². The second-order valence-electron chi connectivity index (χ2n) is 11.4. The molecule has 224 valence electrons. The van der Waals surface area contributed by atoms with E-state index in [0.717, 1.165) is 56.7 Å². The zero-order chi connectivity index (χ0) is 32.3. The first-order valence-corrected chi connectivity index (χ1v) is 15.7. The molecule has 0 saturated carbocycles. The van der Waals surface area contributed by atoms with Gasteiger partial charge in [0, 0.05) is 34.7 Å². The first kappa shape index (κ1) is 30.8. The summed E-state index contributed by atoms with van der Waals surface area (Å²) in [6.07, 6.45) is 4.67. The fraction of sp³-hybridized carbons (Fsp3) is 0.0667. The number of benzene rings is 6. The fourth-order valence-electron chi connectivity index (χ4n) is 5.08. The number of nitrogens with zero attached hydrogens (tertiary/aromatic N) is 2. The largest absolute Gasteiger partial charge is 0.256 e. The molecule has 0 amide bonds. The summed E-state index contributed by atoms with van der Waals surface area (Å²) in [6.45, 7) is 4.27. The van der Waals surface area contributed by atoms with E-state index in [0.29, 0.717) is 0 Å². The molecule has 0 aliphatic heterocycles. The van der Waals surface area contributed by atoms with Crippen LogP contribution in [-0.2, 0) is 6.42 Å². The van der Waals surface area contributed by atoms with Crippen molar-refractivity contribution in [3.63, 3.8) is 0 Å².